The lowest BCUT2D eigenvalue weighted by Gasteiger charge is -2.16. The maximum atomic E-state index is 11.9. The number of anilines is 1. The summed E-state index contributed by atoms with van der Waals surface area (Å²) in [6, 6.07) is 7.90. The van der Waals surface area contributed by atoms with Gasteiger partial charge in [0.15, 0.2) is 0 Å². The molecule has 0 unspecified atom stereocenters. The molecule has 1 aromatic heterocycles. The molecule has 0 fully saturated rings. The van der Waals surface area contributed by atoms with E-state index in [1.165, 1.54) is 19.2 Å². The van der Waals surface area contributed by atoms with E-state index in [2.05, 4.69) is 4.98 Å². The molecule has 0 amide bonds. The van der Waals surface area contributed by atoms with Crippen LogP contribution < -0.4 is 13.8 Å². The third-order valence-corrected chi connectivity index (χ3v) is 4.51. The van der Waals surface area contributed by atoms with Crippen LogP contribution in [0.5, 0.6) is 11.6 Å². The molecule has 1 aromatic carbocycles. The molecule has 0 radical (unpaired) electrons. The van der Waals surface area contributed by atoms with Gasteiger partial charge in [-0.1, -0.05) is 6.07 Å². The van der Waals surface area contributed by atoms with Gasteiger partial charge in [0.05, 0.1) is 13.3 Å². The number of hydrogen-bond donors (Lipinski definition) is 3. The molecule has 3 rings (SSSR count). The highest BCUT2D eigenvalue weighted by atomic mass is 32.2. The number of benzene rings is 1. The number of aromatic nitrogens is 1. The Morgan fingerprint density at radius 2 is 1.91 bits per heavy atom. The first-order chi connectivity index (χ1) is 10.9. The number of phenols is 1. The van der Waals surface area contributed by atoms with Crippen molar-refractivity contribution in [1.82, 2.24) is 9.71 Å². The van der Waals surface area contributed by atoms with E-state index in [4.69, 9.17) is 4.74 Å². The molecule has 23 heavy (non-hydrogen) atoms. The zero-order valence-electron chi connectivity index (χ0n) is 12.0. The molecule has 1 aliphatic heterocycles. The maximum absolute atomic E-state index is 11.9. The predicted octanol–water partition coefficient (Wildman–Crippen LogP) is 1.47. The second kappa shape index (κ2) is 5.36. The number of aromatic hydroxyl groups is 1. The minimum absolute atomic E-state index is 0.00914. The lowest BCUT2D eigenvalue weighted by molar-refractivity contribution is 0.392. The van der Waals surface area contributed by atoms with Crippen LogP contribution in [0, 0.1) is 0 Å². The Hall–Kier alpha value is -2.94. The van der Waals surface area contributed by atoms with Crippen LogP contribution in [0.4, 0.5) is 5.69 Å². The molecular formula is C14H13N3O5S. The standard InChI is InChI=1S/C14H13N3O5S/c1-22-14-5-3-10(7-15-14)9-2-4-12(18)11(6-9)17-8-13(19)16-23(17,20)21/h2-8,16,18-19H,1H3. The largest absolute Gasteiger partial charge is 0.506 e. The van der Waals surface area contributed by atoms with Crippen LogP contribution in [0.15, 0.2) is 48.6 Å². The molecule has 9 heteroatoms. The number of rotatable bonds is 3. The van der Waals surface area contributed by atoms with Gasteiger partial charge in [0.25, 0.3) is 0 Å². The number of methoxy groups -OCH3 is 1. The number of phenolic OH excluding ortho intramolecular Hbond substituents is 1. The molecule has 2 aromatic rings. The number of nitrogens with one attached hydrogen (secondary N) is 1. The highest BCUT2D eigenvalue weighted by molar-refractivity contribution is 7.91. The summed E-state index contributed by atoms with van der Waals surface area (Å²) in [6.45, 7) is 0. The van der Waals surface area contributed by atoms with Gasteiger partial charge in [-0.05, 0) is 23.8 Å². The molecule has 0 spiro atoms. The van der Waals surface area contributed by atoms with Crippen molar-refractivity contribution in [1.29, 1.82) is 0 Å². The average Bonchev–Trinajstić information content (AvgIpc) is 2.80. The molecule has 8 nitrogen and oxygen atoms in total. The third kappa shape index (κ3) is 2.73. The van der Waals surface area contributed by atoms with Crippen LogP contribution in [0.2, 0.25) is 0 Å². The first kappa shape index (κ1) is 15.0. The highest BCUT2D eigenvalue weighted by Crippen LogP contribution is 2.35. The first-order valence-electron chi connectivity index (χ1n) is 6.47. The summed E-state index contributed by atoms with van der Waals surface area (Å²) in [4.78, 5) is 4.08. The van der Waals surface area contributed by atoms with Crippen LogP contribution >= 0.6 is 0 Å². The normalized spacial score (nSPS) is 15.9. The SMILES string of the molecule is COc1ccc(-c2ccc(O)c(N3C=C(O)NS3(=O)=O)c2)cn1. The minimum atomic E-state index is -3.98. The van der Waals surface area contributed by atoms with Crippen molar-refractivity contribution < 1.29 is 23.4 Å². The number of pyridine rings is 1. The van der Waals surface area contributed by atoms with E-state index in [0.717, 1.165) is 10.5 Å². The fraction of sp³-hybridized carbons (Fsp3) is 0.0714. The lowest BCUT2D eigenvalue weighted by Crippen LogP contribution is -2.29. The Morgan fingerprint density at radius 3 is 2.48 bits per heavy atom. The molecule has 0 aliphatic carbocycles. The summed E-state index contributed by atoms with van der Waals surface area (Å²) < 4.78 is 31.5. The molecule has 120 valence electrons. The number of aliphatic hydroxyl groups excluding tert-OH is 1. The fourth-order valence-electron chi connectivity index (χ4n) is 2.14. The van der Waals surface area contributed by atoms with Gasteiger partial charge in [0.2, 0.25) is 11.8 Å². The van der Waals surface area contributed by atoms with Crippen LogP contribution in [-0.2, 0) is 10.2 Å². The van der Waals surface area contributed by atoms with Gasteiger partial charge in [-0.15, -0.1) is 0 Å². The van der Waals surface area contributed by atoms with E-state index < -0.39 is 16.1 Å². The van der Waals surface area contributed by atoms with Crippen LogP contribution in [0.1, 0.15) is 0 Å². The maximum Gasteiger partial charge on any atom is 0.330 e. The van der Waals surface area contributed by atoms with Gasteiger partial charge in [0.1, 0.15) is 11.4 Å². The van der Waals surface area contributed by atoms with Gasteiger partial charge in [-0.2, -0.15) is 8.42 Å². The number of ether oxygens (including phenoxy) is 1. The molecule has 3 N–H and O–H groups in total. The van der Waals surface area contributed by atoms with Gasteiger partial charge in [-0.25, -0.2) is 14.0 Å². The van der Waals surface area contributed by atoms with Crippen molar-refractivity contribution in [3.8, 4) is 22.8 Å². The number of aliphatic hydroxyl groups is 1. The molecule has 0 atom stereocenters. The van der Waals surface area contributed by atoms with Crippen molar-refractivity contribution >= 4 is 15.9 Å². The molecule has 0 bridgehead atoms. The molecular weight excluding hydrogens is 322 g/mol. The minimum Gasteiger partial charge on any atom is -0.506 e. The molecule has 0 saturated carbocycles. The number of nitrogens with zero attached hydrogens (tertiary/aromatic N) is 2. The average molecular weight is 335 g/mol. The van der Waals surface area contributed by atoms with E-state index in [9.17, 15) is 18.6 Å². The van der Waals surface area contributed by atoms with E-state index in [0.29, 0.717) is 17.0 Å². The quantitative estimate of drug-likeness (QED) is 0.783. The summed E-state index contributed by atoms with van der Waals surface area (Å²) in [7, 11) is -2.47. The lowest BCUT2D eigenvalue weighted by atomic mass is 10.1. The summed E-state index contributed by atoms with van der Waals surface area (Å²) in [5.74, 6) is -0.320. The summed E-state index contributed by atoms with van der Waals surface area (Å²) in [6.07, 6.45) is 2.54. The van der Waals surface area contributed by atoms with Gasteiger partial charge in [-0.3, -0.25) is 0 Å². The Morgan fingerprint density at radius 1 is 1.17 bits per heavy atom. The molecule has 2 heterocycles. The van der Waals surface area contributed by atoms with Crippen molar-refractivity contribution in [3.63, 3.8) is 0 Å². The fourth-order valence-corrected chi connectivity index (χ4v) is 3.20. The first-order valence-corrected chi connectivity index (χ1v) is 7.91. The summed E-state index contributed by atoms with van der Waals surface area (Å²) >= 11 is 0. The van der Waals surface area contributed by atoms with E-state index in [1.807, 2.05) is 4.72 Å². The summed E-state index contributed by atoms with van der Waals surface area (Å²) in [5.41, 5.74) is 1.36. The Bertz CT molecular complexity index is 878. The van der Waals surface area contributed by atoms with Crippen molar-refractivity contribution in [2.45, 2.75) is 0 Å². The molecule has 0 saturated heterocycles. The second-order valence-electron chi connectivity index (χ2n) is 4.71. The van der Waals surface area contributed by atoms with Gasteiger partial charge < -0.3 is 14.9 Å². The Kier molecular flexibility index (Phi) is 3.49. The summed E-state index contributed by atoms with van der Waals surface area (Å²) in [5, 5.41) is 19.3. The zero-order chi connectivity index (χ0) is 16.6. The smallest absolute Gasteiger partial charge is 0.330 e. The van der Waals surface area contributed by atoms with Gasteiger partial charge >= 0.3 is 10.2 Å². The van der Waals surface area contributed by atoms with Crippen molar-refractivity contribution in [2.75, 3.05) is 11.4 Å². The van der Waals surface area contributed by atoms with Crippen LogP contribution in [0.25, 0.3) is 11.1 Å². The topological polar surface area (TPSA) is 112 Å². The Labute approximate surface area is 132 Å². The third-order valence-electron chi connectivity index (χ3n) is 3.22. The van der Waals surface area contributed by atoms with Crippen LogP contribution in [-0.4, -0.2) is 30.7 Å². The van der Waals surface area contributed by atoms with Crippen molar-refractivity contribution in [2.24, 2.45) is 0 Å². The number of hydrogen-bond acceptors (Lipinski definition) is 6. The van der Waals surface area contributed by atoms with E-state index in [1.54, 1.807) is 24.4 Å². The van der Waals surface area contributed by atoms with Gasteiger partial charge in [0, 0.05) is 17.8 Å². The molecule has 1 aliphatic rings. The van der Waals surface area contributed by atoms with Crippen LogP contribution in [0.3, 0.4) is 0 Å². The van der Waals surface area contributed by atoms with E-state index >= 15 is 0 Å². The highest BCUT2D eigenvalue weighted by Gasteiger charge is 2.30. The second-order valence-corrected chi connectivity index (χ2v) is 6.26. The predicted molar refractivity (Wildman–Crippen MR) is 83.1 cm³/mol. The van der Waals surface area contributed by atoms with E-state index in [-0.39, 0.29) is 11.4 Å². The Balaban J connectivity index is 2.06. The van der Waals surface area contributed by atoms with Crippen molar-refractivity contribution in [3.05, 3.63) is 48.6 Å². The monoisotopic (exact) mass is 335 g/mol. The zero-order valence-corrected chi connectivity index (χ0v) is 12.8.